The van der Waals surface area contributed by atoms with Gasteiger partial charge >= 0.3 is 0 Å². The summed E-state index contributed by atoms with van der Waals surface area (Å²) in [6, 6.07) is 4.82. The number of rotatable bonds is 6. The average molecular weight is 391 g/mol. The van der Waals surface area contributed by atoms with E-state index in [2.05, 4.69) is 11.8 Å². The Bertz CT molecular complexity index is 711. The standard InChI is InChI=1S/C20H29N3O5/c1-15-4-2-8-21(13-15)18-7-6-16(12-19(18)23(26)27)20(25)22-9-3-5-17(14-22)28-11-10-24/h6-7,12,15,17,24H,2-5,8-11,13-14H2,1H3. The first-order valence-electron chi connectivity index (χ1n) is 10.0. The molecule has 8 nitrogen and oxygen atoms in total. The van der Waals surface area contributed by atoms with E-state index >= 15 is 0 Å². The number of nitrogens with zero attached hydrogens (tertiary/aromatic N) is 3. The summed E-state index contributed by atoms with van der Waals surface area (Å²) in [6.07, 6.45) is 3.70. The van der Waals surface area contributed by atoms with E-state index in [4.69, 9.17) is 9.84 Å². The van der Waals surface area contributed by atoms with Crippen LogP contribution < -0.4 is 4.90 Å². The van der Waals surface area contributed by atoms with Gasteiger partial charge in [0.1, 0.15) is 5.69 Å². The number of nitro groups is 1. The molecule has 2 aliphatic heterocycles. The number of ether oxygens (including phenoxy) is 1. The summed E-state index contributed by atoms with van der Waals surface area (Å²) in [4.78, 5) is 27.9. The van der Waals surface area contributed by atoms with Crippen LogP contribution in [0.1, 0.15) is 43.0 Å². The Hall–Kier alpha value is -2.19. The number of anilines is 1. The van der Waals surface area contributed by atoms with Gasteiger partial charge in [0.15, 0.2) is 0 Å². The molecule has 1 amide bonds. The van der Waals surface area contributed by atoms with Crippen molar-refractivity contribution in [1.29, 1.82) is 0 Å². The molecule has 1 aromatic rings. The van der Waals surface area contributed by atoms with Crippen molar-refractivity contribution >= 4 is 17.3 Å². The monoisotopic (exact) mass is 391 g/mol. The molecule has 2 fully saturated rings. The average Bonchev–Trinajstić information content (AvgIpc) is 2.71. The van der Waals surface area contributed by atoms with Crippen molar-refractivity contribution in [1.82, 2.24) is 4.90 Å². The predicted molar refractivity (Wildman–Crippen MR) is 106 cm³/mol. The fourth-order valence-electron chi connectivity index (χ4n) is 4.14. The molecule has 0 saturated carbocycles. The van der Waals surface area contributed by atoms with E-state index in [1.54, 1.807) is 17.0 Å². The molecular weight excluding hydrogens is 362 g/mol. The first kappa shape index (κ1) is 20.5. The van der Waals surface area contributed by atoms with Crippen molar-refractivity contribution in [2.45, 2.75) is 38.7 Å². The number of aliphatic hydroxyl groups excluding tert-OH is 1. The third kappa shape index (κ3) is 4.80. The Balaban J connectivity index is 1.77. The van der Waals surface area contributed by atoms with Gasteiger partial charge in [-0.25, -0.2) is 0 Å². The third-order valence-corrected chi connectivity index (χ3v) is 5.53. The topological polar surface area (TPSA) is 96.2 Å². The van der Waals surface area contributed by atoms with E-state index < -0.39 is 4.92 Å². The summed E-state index contributed by atoms with van der Waals surface area (Å²) in [5.41, 5.74) is 0.921. The summed E-state index contributed by atoms with van der Waals surface area (Å²) in [5.74, 6) is 0.290. The van der Waals surface area contributed by atoms with Crippen molar-refractivity contribution in [3.8, 4) is 0 Å². The number of hydrogen-bond donors (Lipinski definition) is 1. The highest BCUT2D eigenvalue weighted by molar-refractivity contribution is 5.96. The normalized spacial score (nSPS) is 22.9. The number of piperidine rings is 2. The van der Waals surface area contributed by atoms with E-state index in [0.29, 0.717) is 30.3 Å². The van der Waals surface area contributed by atoms with Crippen LogP contribution in [-0.2, 0) is 4.74 Å². The molecule has 154 valence electrons. The van der Waals surface area contributed by atoms with Crippen LogP contribution >= 0.6 is 0 Å². The molecule has 1 N–H and O–H groups in total. The molecule has 28 heavy (non-hydrogen) atoms. The molecule has 1 aromatic carbocycles. The van der Waals surface area contributed by atoms with Crippen LogP contribution in [0.15, 0.2) is 18.2 Å². The van der Waals surface area contributed by atoms with Crippen molar-refractivity contribution in [3.63, 3.8) is 0 Å². The van der Waals surface area contributed by atoms with Crippen LogP contribution in [0.5, 0.6) is 0 Å². The van der Waals surface area contributed by atoms with Gasteiger partial charge in [-0.15, -0.1) is 0 Å². The van der Waals surface area contributed by atoms with E-state index in [1.165, 1.54) is 6.07 Å². The minimum absolute atomic E-state index is 0.00922. The number of carbonyl (C=O) groups is 1. The molecule has 2 heterocycles. The third-order valence-electron chi connectivity index (χ3n) is 5.53. The number of amides is 1. The Labute approximate surface area is 165 Å². The smallest absolute Gasteiger partial charge is 0.293 e. The number of aliphatic hydroxyl groups is 1. The van der Waals surface area contributed by atoms with Gasteiger partial charge in [-0.3, -0.25) is 14.9 Å². The van der Waals surface area contributed by atoms with Crippen LogP contribution in [0.3, 0.4) is 0 Å². The highest BCUT2D eigenvalue weighted by Crippen LogP contribution is 2.33. The van der Waals surface area contributed by atoms with Gasteiger partial charge in [0, 0.05) is 37.8 Å². The maximum Gasteiger partial charge on any atom is 0.293 e. The number of likely N-dealkylation sites (tertiary alicyclic amines) is 1. The second-order valence-electron chi connectivity index (χ2n) is 7.76. The maximum atomic E-state index is 12.9. The number of carbonyl (C=O) groups excluding carboxylic acids is 1. The van der Waals surface area contributed by atoms with Gasteiger partial charge in [-0.1, -0.05) is 6.92 Å². The second-order valence-corrected chi connectivity index (χ2v) is 7.76. The molecular formula is C20H29N3O5. The molecule has 2 aliphatic rings. The summed E-state index contributed by atoms with van der Waals surface area (Å²) >= 11 is 0. The van der Waals surface area contributed by atoms with Crippen LogP contribution in [0.4, 0.5) is 11.4 Å². The molecule has 0 radical (unpaired) electrons. The van der Waals surface area contributed by atoms with E-state index in [-0.39, 0.29) is 30.9 Å². The maximum absolute atomic E-state index is 12.9. The van der Waals surface area contributed by atoms with Crippen molar-refractivity contribution < 1.29 is 19.6 Å². The molecule has 8 heteroatoms. The molecule has 3 rings (SSSR count). The van der Waals surface area contributed by atoms with Gasteiger partial charge in [0.25, 0.3) is 11.6 Å². The lowest BCUT2D eigenvalue weighted by Gasteiger charge is -2.33. The van der Waals surface area contributed by atoms with Crippen molar-refractivity contribution in [3.05, 3.63) is 33.9 Å². The fourth-order valence-corrected chi connectivity index (χ4v) is 4.14. The van der Waals surface area contributed by atoms with Gasteiger partial charge < -0.3 is 19.6 Å². The Morgan fingerprint density at radius 1 is 1.29 bits per heavy atom. The lowest BCUT2D eigenvalue weighted by molar-refractivity contribution is -0.384. The van der Waals surface area contributed by atoms with Crippen LogP contribution in [0.2, 0.25) is 0 Å². The zero-order valence-corrected chi connectivity index (χ0v) is 16.4. The number of nitro benzene ring substituents is 1. The largest absolute Gasteiger partial charge is 0.394 e. The SMILES string of the molecule is CC1CCCN(c2ccc(C(=O)N3CCCC(OCCO)C3)cc2[N+](=O)[O-])C1. The zero-order chi connectivity index (χ0) is 20.1. The minimum Gasteiger partial charge on any atom is -0.394 e. The Kier molecular flexibility index (Phi) is 6.85. The first-order chi connectivity index (χ1) is 13.5. The van der Waals surface area contributed by atoms with Gasteiger partial charge in [-0.05, 0) is 43.7 Å². The second kappa shape index (κ2) is 9.34. The minimum atomic E-state index is -0.394. The molecule has 2 unspecified atom stereocenters. The molecule has 2 saturated heterocycles. The van der Waals surface area contributed by atoms with Crippen molar-refractivity contribution in [2.24, 2.45) is 5.92 Å². The summed E-state index contributed by atoms with van der Waals surface area (Å²) in [6.45, 7) is 5.00. The predicted octanol–water partition coefficient (Wildman–Crippen LogP) is 2.44. The van der Waals surface area contributed by atoms with Crippen molar-refractivity contribution in [2.75, 3.05) is 44.3 Å². The Morgan fingerprint density at radius 3 is 2.79 bits per heavy atom. The van der Waals surface area contributed by atoms with Crippen LogP contribution in [0, 0.1) is 16.0 Å². The zero-order valence-electron chi connectivity index (χ0n) is 16.4. The highest BCUT2D eigenvalue weighted by atomic mass is 16.6. The lowest BCUT2D eigenvalue weighted by atomic mass is 9.99. The molecule has 2 atom stereocenters. The van der Waals surface area contributed by atoms with Gasteiger partial charge in [0.2, 0.25) is 0 Å². The quantitative estimate of drug-likeness (QED) is 0.591. The summed E-state index contributed by atoms with van der Waals surface area (Å²) in [7, 11) is 0. The van der Waals surface area contributed by atoms with Gasteiger partial charge in [-0.2, -0.15) is 0 Å². The van der Waals surface area contributed by atoms with E-state index in [1.807, 2.05) is 0 Å². The summed E-state index contributed by atoms with van der Waals surface area (Å²) in [5, 5.41) is 20.6. The van der Waals surface area contributed by atoms with Crippen LogP contribution in [-0.4, -0.2) is 66.3 Å². The summed E-state index contributed by atoms with van der Waals surface area (Å²) < 4.78 is 5.56. The first-order valence-corrected chi connectivity index (χ1v) is 10.0. The number of benzene rings is 1. The van der Waals surface area contributed by atoms with E-state index in [0.717, 1.165) is 38.8 Å². The molecule has 0 aliphatic carbocycles. The molecule has 0 aromatic heterocycles. The number of hydrogen-bond acceptors (Lipinski definition) is 6. The molecule has 0 bridgehead atoms. The van der Waals surface area contributed by atoms with E-state index in [9.17, 15) is 14.9 Å². The lowest BCUT2D eigenvalue weighted by Crippen LogP contribution is -2.43. The Morgan fingerprint density at radius 2 is 2.07 bits per heavy atom. The highest BCUT2D eigenvalue weighted by Gasteiger charge is 2.28. The molecule has 0 spiro atoms. The van der Waals surface area contributed by atoms with Gasteiger partial charge in [0.05, 0.1) is 24.2 Å². The van der Waals surface area contributed by atoms with Crippen LogP contribution in [0.25, 0.3) is 0 Å². The fraction of sp³-hybridized carbons (Fsp3) is 0.650.